The largest absolute Gasteiger partial charge is 0.465 e. The van der Waals surface area contributed by atoms with Gasteiger partial charge >= 0.3 is 6.09 Å². The summed E-state index contributed by atoms with van der Waals surface area (Å²) in [5.41, 5.74) is 2.16. The molecule has 180 valence electrons. The monoisotopic (exact) mass is 458 g/mol. The number of carbonyl (C=O) groups is 3. The molecule has 0 aromatic heterocycles. The molecule has 0 spiro atoms. The second kappa shape index (κ2) is 10.1. The maximum Gasteiger partial charge on any atom is 0.407 e. The maximum atomic E-state index is 13.0. The minimum Gasteiger partial charge on any atom is -0.465 e. The average Bonchev–Trinajstić information content (AvgIpc) is 3.48. The molecule has 4 rings (SSSR count). The Labute approximate surface area is 193 Å². The lowest BCUT2D eigenvalue weighted by Crippen LogP contribution is -2.54. The van der Waals surface area contributed by atoms with Crippen molar-refractivity contribution < 1.29 is 24.6 Å². The van der Waals surface area contributed by atoms with Crippen molar-refractivity contribution in [1.29, 1.82) is 0 Å². The number of carboxylic acid groups (broad SMARTS) is 1. The van der Waals surface area contributed by atoms with Crippen LogP contribution in [0.1, 0.15) is 56.2 Å². The van der Waals surface area contributed by atoms with E-state index >= 15 is 0 Å². The summed E-state index contributed by atoms with van der Waals surface area (Å²) in [6, 6.07) is 6.58. The highest BCUT2D eigenvalue weighted by Crippen LogP contribution is 2.39. The van der Waals surface area contributed by atoms with E-state index in [9.17, 15) is 24.6 Å². The SMILES string of the molecule is CCCC(NC(=O)C1CC(C2c3ccccc3CCN2C(=O)O)CN1)C(O)C(=O)NC1CC1. The van der Waals surface area contributed by atoms with Gasteiger partial charge in [-0.2, -0.15) is 0 Å². The number of nitrogens with one attached hydrogen (secondary N) is 3. The summed E-state index contributed by atoms with van der Waals surface area (Å²) in [6.45, 7) is 2.89. The van der Waals surface area contributed by atoms with Gasteiger partial charge in [-0.15, -0.1) is 0 Å². The van der Waals surface area contributed by atoms with Crippen LogP contribution in [-0.4, -0.2) is 70.3 Å². The number of rotatable bonds is 8. The fourth-order valence-corrected chi connectivity index (χ4v) is 5.12. The summed E-state index contributed by atoms with van der Waals surface area (Å²) in [7, 11) is 0. The first kappa shape index (κ1) is 23.5. The third-order valence-electron chi connectivity index (χ3n) is 7.01. The molecule has 2 fully saturated rings. The van der Waals surface area contributed by atoms with E-state index in [4.69, 9.17) is 0 Å². The topological polar surface area (TPSA) is 131 Å². The summed E-state index contributed by atoms with van der Waals surface area (Å²) in [5, 5.41) is 29.2. The van der Waals surface area contributed by atoms with Crippen molar-refractivity contribution in [3.05, 3.63) is 35.4 Å². The van der Waals surface area contributed by atoms with Crippen molar-refractivity contribution in [2.45, 2.75) is 75.7 Å². The van der Waals surface area contributed by atoms with Crippen LogP contribution < -0.4 is 16.0 Å². The molecule has 9 heteroatoms. The van der Waals surface area contributed by atoms with Gasteiger partial charge in [0.25, 0.3) is 5.91 Å². The Morgan fingerprint density at radius 3 is 2.70 bits per heavy atom. The van der Waals surface area contributed by atoms with Crippen LogP contribution in [0.15, 0.2) is 24.3 Å². The summed E-state index contributed by atoms with van der Waals surface area (Å²) in [5.74, 6) is -0.754. The number of benzene rings is 1. The fraction of sp³-hybridized carbons (Fsp3) is 0.625. The minimum atomic E-state index is -1.29. The van der Waals surface area contributed by atoms with E-state index in [0.717, 1.165) is 24.0 Å². The number of aliphatic hydroxyl groups excluding tert-OH is 1. The molecular formula is C24H34N4O5. The predicted octanol–water partition coefficient (Wildman–Crippen LogP) is 1.17. The van der Waals surface area contributed by atoms with Gasteiger partial charge in [-0.3, -0.25) is 9.59 Å². The highest BCUT2D eigenvalue weighted by molar-refractivity contribution is 5.85. The number of amides is 3. The first-order chi connectivity index (χ1) is 15.9. The van der Waals surface area contributed by atoms with Gasteiger partial charge in [-0.05, 0) is 49.1 Å². The third-order valence-corrected chi connectivity index (χ3v) is 7.01. The smallest absolute Gasteiger partial charge is 0.407 e. The number of fused-ring (bicyclic) bond motifs is 1. The summed E-state index contributed by atoms with van der Waals surface area (Å²) >= 11 is 0. The van der Waals surface area contributed by atoms with Crippen LogP contribution in [-0.2, 0) is 16.0 Å². The molecule has 1 saturated carbocycles. The van der Waals surface area contributed by atoms with Gasteiger partial charge in [0.05, 0.1) is 18.1 Å². The second-order valence-electron chi connectivity index (χ2n) is 9.46. The lowest BCUT2D eigenvalue weighted by molar-refractivity contribution is -0.132. The zero-order valence-corrected chi connectivity index (χ0v) is 19.0. The van der Waals surface area contributed by atoms with Crippen LogP contribution >= 0.6 is 0 Å². The van der Waals surface area contributed by atoms with Crippen LogP contribution in [0.2, 0.25) is 0 Å². The number of nitrogens with zero attached hydrogens (tertiary/aromatic N) is 1. The van der Waals surface area contributed by atoms with Crippen molar-refractivity contribution in [2.75, 3.05) is 13.1 Å². The summed E-state index contributed by atoms with van der Waals surface area (Å²) < 4.78 is 0. The Morgan fingerprint density at radius 2 is 2.00 bits per heavy atom. The maximum absolute atomic E-state index is 13.0. The van der Waals surface area contributed by atoms with Gasteiger partial charge in [-0.25, -0.2) is 4.79 Å². The molecule has 1 aromatic rings. The van der Waals surface area contributed by atoms with Crippen LogP contribution in [0.4, 0.5) is 4.79 Å². The van der Waals surface area contributed by atoms with E-state index < -0.39 is 30.2 Å². The Bertz CT molecular complexity index is 889. The van der Waals surface area contributed by atoms with Gasteiger partial charge in [0.15, 0.2) is 6.10 Å². The Morgan fingerprint density at radius 1 is 1.24 bits per heavy atom. The van der Waals surface area contributed by atoms with Gasteiger partial charge in [0.2, 0.25) is 5.91 Å². The number of carbonyl (C=O) groups excluding carboxylic acids is 2. The molecule has 9 nitrogen and oxygen atoms in total. The van der Waals surface area contributed by atoms with E-state index in [1.165, 1.54) is 4.90 Å². The van der Waals surface area contributed by atoms with Crippen LogP contribution in [0.25, 0.3) is 0 Å². The highest BCUT2D eigenvalue weighted by atomic mass is 16.4. The molecule has 0 radical (unpaired) electrons. The van der Waals surface area contributed by atoms with Crippen molar-refractivity contribution in [3.63, 3.8) is 0 Å². The van der Waals surface area contributed by atoms with Gasteiger partial charge in [0.1, 0.15) is 0 Å². The molecule has 1 aliphatic carbocycles. The first-order valence-corrected chi connectivity index (χ1v) is 12.0. The Kier molecular flexibility index (Phi) is 7.19. The molecule has 5 N–H and O–H groups in total. The van der Waals surface area contributed by atoms with Gasteiger partial charge < -0.3 is 31.1 Å². The molecule has 2 heterocycles. The van der Waals surface area contributed by atoms with E-state index in [0.29, 0.717) is 38.8 Å². The molecule has 5 unspecified atom stereocenters. The molecule has 3 amide bonds. The standard InChI is InChI=1S/C24H34N4O5/c1-2-5-18(21(29)23(31)26-16-8-9-16)27-22(30)19-12-15(13-25-19)20-17-7-4-3-6-14(17)10-11-28(20)24(32)33/h3-4,6-7,15-16,18-21,25,29H,2,5,8-13H2,1H3,(H,26,31)(H,27,30)(H,32,33). The first-order valence-electron chi connectivity index (χ1n) is 12.0. The van der Waals surface area contributed by atoms with E-state index in [2.05, 4.69) is 16.0 Å². The van der Waals surface area contributed by atoms with Gasteiger partial charge in [0, 0.05) is 19.1 Å². The second-order valence-corrected chi connectivity index (χ2v) is 9.46. The van der Waals surface area contributed by atoms with Crippen LogP contribution in [0, 0.1) is 5.92 Å². The average molecular weight is 459 g/mol. The van der Waals surface area contributed by atoms with Crippen molar-refractivity contribution in [3.8, 4) is 0 Å². The summed E-state index contributed by atoms with van der Waals surface area (Å²) in [4.78, 5) is 38.8. The molecule has 1 saturated heterocycles. The molecule has 5 atom stereocenters. The molecule has 33 heavy (non-hydrogen) atoms. The van der Waals surface area contributed by atoms with E-state index in [-0.39, 0.29) is 23.9 Å². The molecular weight excluding hydrogens is 424 g/mol. The number of hydrogen-bond donors (Lipinski definition) is 5. The molecule has 1 aromatic carbocycles. The number of hydrogen-bond acceptors (Lipinski definition) is 5. The van der Waals surface area contributed by atoms with Crippen molar-refractivity contribution in [2.24, 2.45) is 5.92 Å². The molecule has 3 aliphatic rings. The lowest BCUT2D eigenvalue weighted by Gasteiger charge is -2.38. The summed E-state index contributed by atoms with van der Waals surface area (Å²) in [6.07, 6.45) is 1.98. The zero-order chi connectivity index (χ0) is 23.5. The minimum absolute atomic E-state index is 0.0500. The Balaban J connectivity index is 1.42. The number of aliphatic hydroxyl groups is 1. The van der Waals surface area contributed by atoms with E-state index in [1.54, 1.807) is 0 Å². The van der Waals surface area contributed by atoms with Crippen LogP contribution in [0.3, 0.4) is 0 Å². The predicted molar refractivity (Wildman–Crippen MR) is 122 cm³/mol. The quantitative estimate of drug-likeness (QED) is 0.397. The van der Waals surface area contributed by atoms with Crippen molar-refractivity contribution >= 4 is 17.9 Å². The normalized spacial score (nSPS) is 26.2. The lowest BCUT2D eigenvalue weighted by atomic mass is 9.83. The Hall–Kier alpha value is -2.65. The van der Waals surface area contributed by atoms with Gasteiger partial charge in [-0.1, -0.05) is 37.6 Å². The third kappa shape index (κ3) is 5.30. The highest BCUT2D eigenvalue weighted by Gasteiger charge is 2.42. The molecule has 2 aliphatic heterocycles. The molecule has 0 bridgehead atoms. The van der Waals surface area contributed by atoms with Crippen LogP contribution in [0.5, 0.6) is 0 Å². The van der Waals surface area contributed by atoms with E-state index in [1.807, 2.05) is 31.2 Å². The zero-order valence-electron chi connectivity index (χ0n) is 19.0. The van der Waals surface area contributed by atoms with Crippen molar-refractivity contribution in [1.82, 2.24) is 20.9 Å². The fourth-order valence-electron chi connectivity index (χ4n) is 5.12.